The molecule has 0 spiro atoms. The number of piperidine rings is 1. The molecule has 94 valence electrons. The third-order valence-corrected chi connectivity index (χ3v) is 5.55. The molecule has 0 amide bonds. The van der Waals surface area contributed by atoms with Gasteiger partial charge in [-0.2, -0.15) is 0 Å². The van der Waals surface area contributed by atoms with E-state index in [4.69, 9.17) is 4.98 Å². The van der Waals surface area contributed by atoms with E-state index in [1.54, 1.807) is 4.88 Å². The molecular weight excluding hydrogens is 230 g/mol. The number of aryl methyl sites for hydroxylation is 2. The van der Waals surface area contributed by atoms with Crippen molar-refractivity contribution in [1.29, 1.82) is 0 Å². The molecule has 2 aliphatic rings. The van der Waals surface area contributed by atoms with E-state index in [0.29, 0.717) is 0 Å². The lowest BCUT2D eigenvalue weighted by molar-refractivity contribution is 0.262. The lowest BCUT2D eigenvalue weighted by atomic mass is 9.89. The first-order chi connectivity index (χ1) is 8.34. The number of rotatable bonds is 2. The highest BCUT2D eigenvalue weighted by Gasteiger charge is 2.36. The van der Waals surface area contributed by atoms with E-state index in [9.17, 15) is 0 Å². The molecule has 1 saturated heterocycles. The maximum absolute atomic E-state index is 4.95. The first-order valence-corrected chi connectivity index (χ1v) is 7.54. The van der Waals surface area contributed by atoms with Crippen LogP contribution in [0.3, 0.4) is 0 Å². The fraction of sp³-hybridized carbons (Fsp3) is 0.769. The third kappa shape index (κ3) is 2.02. The van der Waals surface area contributed by atoms with Crippen LogP contribution in [0, 0.1) is 0 Å². The van der Waals surface area contributed by atoms with Gasteiger partial charge in [0.1, 0.15) is 5.01 Å². The van der Waals surface area contributed by atoms with E-state index in [2.05, 4.69) is 17.7 Å². The molecule has 0 unspecified atom stereocenters. The van der Waals surface area contributed by atoms with Crippen molar-refractivity contribution in [3.63, 3.8) is 0 Å². The van der Waals surface area contributed by atoms with Gasteiger partial charge in [-0.1, -0.05) is 0 Å². The largest absolute Gasteiger partial charge is 0.317 e. The summed E-state index contributed by atoms with van der Waals surface area (Å²) in [4.78, 5) is 6.50. The van der Waals surface area contributed by atoms with Gasteiger partial charge in [0, 0.05) is 4.88 Å². The fourth-order valence-electron chi connectivity index (χ4n) is 2.98. The van der Waals surface area contributed by atoms with Crippen LogP contribution in [0.25, 0.3) is 0 Å². The number of nitrogens with zero attached hydrogens (tertiary/aromatic N) is 1. The monoisotopic (exact) mass is 251 g/mol. The van der Waals surface area contributed by atoms with Crippen molar-refractivity contribution in [2.24, 2.45) is 0 Å². The van der Waals surface area contributed by atoms with Crippen molar-refractivity contribution in [2.75, 3.05) is 20.1 Å². The van der Waals surface area contributed by atoms with Crippen LogP contribution in [0.5, 0.6) is 0 Å². The molecule has 2 N–H and O–H groups in total. The topological polar surface area (TPSA) is 37.0 Å². The first kappa shape index (κ1) is 11.6. The molecule has 3 rings (SSSR count). The quantitative estimate of drug-likeness (QED) is 0.842. The number of hydrogen-bond donors (Lipinski definition) is 2. The van der Waals surface area contributed by atoms with Crippen LogP contribution < -0.4 is 10.6 Å². The molecule has 1 fully saturated rings. The maximum atomic E-state index is 4.95. The summed E-state index contributed by atoms with van der Waals surface area (Å²) in [5, 5.41) is 8.33. The molecule has 4 heteroatoms. The smallest absolute Gasteiger partial charge is 0.113 e. The average molecular weight is 251 g/mol. The number of nitrogens with one attached hydrogen (secondary N) is 2. The summed E-state index contributed by atoms with van der Waals surface area (Å²) < 4.78 is 0. The average Bonchev–Trinajstić information content (AvgIpc) is 2.84. The van der Waals surface area contributed by atoms with Crippen LogP contribution >= 0.6 is 11.3 Å². The SMILES string of the molecule is CNC1(c2nc3c(s2)CCCC3)CCNCC1. The van der Waals surface area contributed by atoms with Gasteiger partial charge < -0.3 is 10.6 Å². The Morgan fingerprint density at radius 2 is 2.00 bits per heavy atom. The Morgan fingerprint density at radius 3 is 2.71 bits per heavy atom. The summed E-state index contributed by atoms with van der Waals surface area (Å²) in [5.41, 5.74) is 1.54. The first-order valence-electron chi connectivity index (χ1n) is 6.73. The minimum absolute atomic E-state index is 0.146. The van der Waals surface area contributed by atoms with E-state index in [0.717, 1.165) is 25.9 Å². The molecule has 0 radical (unpaired) electrons. The van der Waals surface area contributed by atoms with Gasteiger partial charge in [0.25, 0.3) is 0 Å². The molecule has 2 heterocycles. The minimum atomic E-state index is 0.146. The second kappa shape index (κ2) is 4.67. The normalized spacial score (nSPS) is 23.4. The Kier molecular flexibility index (Phi) is 3.19. The van der Waals surface area contributed by atoms with E-state index < -0.39 is 0 Å². The van der Waals surface area contributed by atoms with Crippen LogP contribution in [0.2, 0.25) is 0 Å². The Bertz CT molecular complexity index is 370. The summed E-state index contributed by atoms with van der Waals surface area (Å²) in [5.74, 6) is 0. The number of fused-ring (bicyclic) bond motifs is 1. The van der Waals surface area contributed by atoms with Crippen molar-refractivity contribution >= 4 is 11.3 Å². The number of aromatic nitrogens is 1. The molecule has 0 saturated carbocycles. The van der Waals surface area contributed by atoms with Crippen LogP contribution in [0.15, 0.2) is 0 Å². The third-order valence-electron chi connectivity index (χ3n) is 4.19. The van der Waals surface area contributed by atoms with E-state index in [-0.39, 0.29) is 5.54 Å². The molecule has 17 heavy (non-hydrogen) atoms. The molecule has 0 atom stereocenters. The van der Waals surface area contributed by atoms with Gasteiger partial charge in [0.05, 0.1) is 11.2 Å². The number of hydrogen-bond acceptors (Lipinski definition) is 4. The second-order valence-electron chi connectivity index (χ2n) is 5.18. The highest BCUT2D eigenvalue weighted by Crippen LogP contribution is 2.36. The maximum Gasteiger partial charge on any atom is 0.113 e. The summed E-state index contributed by atoms with van der Waals surface area (Å²) in [6.07, 6.45) is 7.45. The minimum Gasteiger partial charge on any atom is -0.317 e. The second-order valence-corrected chi connectivity index (χ2v) is 6.26. The predicted octanol–water partition coefficient (Wildman–Crippen LogP) is 1.82. The molecule has 0 aromatic carbocycles. The van der Waals surface area contributed by atoms with Gasteiger partial charge in [-0.05, 0) is 58.7 Å². The molecule has 0 bridgehead atoms. The Morgan fingerprint density at radius 1 is 1.24 bits per heavy atom. The molecule has 1 aromatic rings. The van der Waals surface area contributed by atoms with Gasteiger partial charge in [-0.3, -0.25) is 0 Å². The fourth-order valence-corrected chi connectivity index (χ4v) is 4.38. The van der Waals surface area contributed by atoms with Crippen molar-refractivity contribution in [3.8, 4) is 0 Å². The molecule has 1 aromatic heterocycles. The summed E-state index contributed by atoms with van der Waals surface area (Å²) >= 11 is 1.96. The van der Waals surface area contributed by atoms with Gasteiger partial charge >= 0.3 is 0 Å². The van der Waals surface area contributed by atoms with Crippen molar-refractivity contribution in [3.05, 3.63) is 15.6 Å². The number of thiazole rings is 1. The van der Waals surface area contributed by atoms with Crippen LogP contribution in [0.1, 0.15) is 41.3 Å². The van der Waals surface area contributed by atoms with Crippen molar-refractivity contribution in [2.45, 2.75) is 44.1 Å². The molecule has 1 aliphatic carbocycles. The van der Waals surface area contributed by atoms with Gasteiger partial charge in [-0.15, -0.1) is 11.3 Å². The van der Waals surface area contributed by atoms with Crippen LogP contribution in [0.4, 0.5) is 0 Å². The molecule has 3 nitrogen and oxygen atoms in total. The van der Waals surface area contributed by atoms with Crippen LogP contribution in [-0.2, 0) is 18.4 Å². The summed E-state index contributed by atoms with van der Waals surface area (Å²) in [6.45, 7) is 2.20. The lowest BCUT2D eigenvalue weighted by Gasteiger charge is -2.35. The van der Waals surface area contributed by atoms with E-state index in [1.807, 2.05) is 11.3 Å². The highest BCUT2D eigenvalue weighted by molar-refractivity contribution is 7.11. The summed E-state index contributed by atoms with van der Waals surface area (Å²) in [6, 6.07) is 0. The van der Waals surface area contributed by atoms with E-state index >= 15 is 0 Å². The predicted molar refractivity (Wildman–Crippen MR) is 71.6 cm³/mol. The van der Waals surface area contributed by atoms with Gasteiger partial charge in [0.2, 0.25) is 0 Å². The Balaban J connectivity index is 1.93. The van der Waals surface area contributed by atoms with Crippen LogP contribution in [-0.4, -0.2) is 25.1 Å². The summed E-state index contributed by atoms with van der Waals surface area (Å²) in [7, 11) is 2.09. The lowest BCUT2D eigenvalue weighted by Crippen LogP contribution is -2.48. The standard InChI is InChI=1S/C13H21N3S/c1-14-13(6-8-15-9-7-13)12-16-10-4-2-3-5-11(10)17-12/h14-15H,2-9H2,1H3. The Labute approximate surface area is 107 Å². The highest BCUT2D eigenvalue weighted by atomic mass is 32.1. The van der Waals surface area contributed by atoms with Gasteiger partial charge in [0.15, 0.2) is 0 Å². The van der Waals surface area contributed by atoms with Crippen molar-refractivity contribution < 1.29 is 0 Å². The van der Waals surface area contributed by atoms with Crippen molar-refractivity contribution in [1.82, 2.24) is 15.6 Å². The van der Waals surface area contributed by atoms with Gasteiger partial charge in [-0.25, -0.2) is 4.98 Å². The Hall–Kier alpha value is -0.450. The zero-order valence-corrected chi connectivity index (χ0v) is 11.3. The van der Waals surface area contributed by atoms with E-state index in [1.165, 1.54) is 36.4 Å². The zero-order valence-electron chi connectivity index (χ0n) is 10.5. The molecular formula is C13H21N3S. The molecule has 1 aliphatic heterocycles. The zero-order chi connectivity index (χ0) is 11.7.